The van der Waals surface area contributed by atoms with E-state index in [1.807, 2.05) is 24.3 Å². The molecule has 1 saturated heterocycles. The second-order valence-electron chi connectivity index (χ2n) is 4.68. The van der Waals surface area contributed by atoms with Crippen LogP contribution in [0.25, 0.3) is 5.69 Å². The van der Waals surface area contributed by atoms with Crippen LogP contribution in [0.2, 0.25) is 0 Å². The lowest BCUT2D eigenvalue weighted by Gasteiger charge is -1.99. The first kappa shape index (κ1) is 16.6. The van der Waals surface area contributed by atoms with Gasteiger partial charge in [0, 0.05) is 6.08 Å². The number of benzene rings is 1. The molecule has 3 rings (SSSR count). The third kappa shape index (κ3) is 4.18. The highest BCUT2D eigenvalue weighted by Crippen LogP contribution is 2.23. The van der Waals surface area contributed by atoms with Crippen molar-refractivity contribution in [3.63, 3.8) is 0 Å². The lowest BCUT2D eigenvalue weighted by Crippen LogP contribution is -2.19. The molecule has 1 aliphatic rings. The molecule has 1 amide bonds. The van der Waals surface area contributed by atoms with E-state index in [1.165, 1.54) is 7.11 Å². The molecule has 0 saturated carbocycles. The van der Waals surface area contributed by atoms with Crippen molar-refractivity contribution >= 4 is 35.0 Å². The summed E-state index contributed by atoms with van der Waals surface area (Å²) in [5, 5.41) is 18.3. The Morgan fingerprint density at radius 1 is 1.36 bits per heavy atom. The number of nitrogens with zero attached hydrogens (tertiary/aromatic N) is 5. The second kappa shape index (κ2) is 7.53. The maximum absolute atomic E-state index is 11.7. The molecule has 2 aromatic rings. The van der Waals surface area contributed by atoms with Gasteiger partial charge in [-0.15, -0.1) is 10.2 Å². The largest absolute Gasteiger partial charge is 0.466 e. The summed E-state index contributed by atoms with van der Waals surface area (Å²) in [6.07, 6.45) is 6.00. The highest BCUT2D eigenvalue weighted by Gasteiger charge is 2.24. The number of thioether (sulfide) groups is 1. The van der Waals surface area contributed by atoms with Gasteiger partial charge >= 0.3 is 5.97 Å². The van der Waals surface area contributed by atoms with E-state index in [1.54, 1.807) is 23.3 Å². The third-order valence-electron chi connectivity index (χ3n) is 3.04. The Morgan fingerprint density at radius 3 is 2.84 bits per heavy atom. The molecule has 1 N–H and O–H groups in total. The average molecular weight is 356 g/mol. The van der Waals surface area contributed by atoms with E-state index in [9.17, 15) is 9.59 Å². The molecule has 0 unspecified atom stereocenters. The van der Waals surface area contributed by atoms with Gasteiger partial charge in [-0.2, -0.15) is 5.10 Å². The van der Waals surface area contributed by atoms with E-state index >= 15 is 0 Å². The molecule has 1 fully saturated rings. The van der Waals surface area contributed by atoms with Crippen LogP contribution in [-0.2, 0) is 14.3 Å². The topological polar surface area (TPSA) is 111 Å². The molecule has 10 heteroatoms. The Morgan fingerprint density at radius 2 is 2.16 bits per heavy atom. The molecule has 0 aliphatic carbocycles. The van der Waals surface area contributed by atoms with Crippen molar-refractivity contribution in [3.8, 4) is 5.69 Å². The normalized spacial score (nSPS) is 17.4. The lowest BCUT2D eigenvalue weighted by atomic mass is 10.2. The first-order valence-electron chi connectivity index (χ1n) is 7.02. The molecule has 0 atom stereocenters. The molecule has 2 heterocycles. The van der Waals surface area contributed by atoms with Gasteiger partial charge in [-0.3, -0.25) is 10.1 Å². The van der Waals surface area contributed by atoms with E-state index in [4.69, 9.17) is 0 Å². The third-order valence-corrected chi connectivity index (χ3v) is 3.94. The number of nitrogens with one attached hydrogen (secondary N) is 1. The quantitative estimate of drug-likeness (QED) is 0.377. The summed E-state index contributed by atoms with van der Waals surface area (Å²) in [6, 6.07) is 7.44. The predicted molar refractivity (Wildman–Crippen MR) is 92.2 cm³/mol. The van der Waals surface area contributed by atoms with Crippen molar-refractivity contribution in [2.24, 2.45) is 10.2 Å². The highest BCUT2D eigenvalue weighted by atomic mass is 32.2. The Bertz CT molecular complexity index is 871. The first-order valence-corrected chi connectivity index (χ1v) is 7.84. The number of methoxy groups -OCH3 is 1. The molecule has 0 bridgehead atoms. The molecule has 1 aliphatic heterocycles. The number of amidine groups is 1. The van der Waals surface area contributed by atoms with Crippen molar-refractivity contribution in [2.45, 2.75) is 0 Å². The molecule has 9 nitrogen and oxygen atoms in total. The number of carbonyl (C=O) groups excluding carboxylic acids is 2. The Balaban J connectivity index is 1.65. The molecule has 0 radical (unpaired) electrons. The number of ether oxygens (including phenoxy) is 1. The van der Waals surface area contributed by atoms with Crippen LogP contribution in [0.1, 0.15) is 5.56 Å². The van der Waals surface area contributed by atoms with Crippen LogP contribution in [0.5, 0.6) is 0 Å². The van der Waals surface area contributed by atoms with Crippen LogP contribution in [0.15, 0.2) is 57.8 Å². The van der Waals surface area contributed by atoms with E-state index in [0.717, 1.165) is 29.1 Å². The summed E-state index contributed by atoms with van der Waals surface area (Å²) in [6.45, 7) is 0. The molecule has 25 heavy (non-hydrogen) atoms. The van der Waals surface area contributed by atoms with Crippen molar-refractivity contribution in [2.75, 3.05) is 7.11 Å². The SMILES string of the molecule is COC(=O)/C=C1/S/C(=N\N=Cc2ccc(-n3ccnn3)cc2)NC1=O. The summed E-state index contributed by atoms with van der Waals surface area (Å²) in [5.41, 5.74) is 1.70. The van der Waals surface area contributed by atoms with Crippen LogP contribution in [0, 0.1) is 0 Å². The fraction of sp³-hybridized carbons (Fsp3) is 0.0667. The smallest absolute Gasteiger partial charge is 0.331 e. The number of hydrogen-bond acceptors (Lipinski definition) is 8. The van der Waals surface area contributed by atoms with Gasteiger partial charge in [0.1, 0.15) is 0 Å². The summed E-state index contributed by atoms with van der Waals surface area (Å²) in [5.74, 6) is -1.02. The lowest BCUT2D eigenvalue weighted by molar-refractivity contribution is -0.135. The first-order chi connectivity index (χ1) is 12.2. The van der Waals surface area contributed by atoms with Gasteiger partial charge in [0.05, 0.1) is 36.3 Å². The monoisotopic (exact) mass is 356 g/mol. The Kier molecular flexibility index (Phi) is 5.00. The van der Waals surface area contributed by atoms with Crippen molar-refractivity contribution < 1.29 is 14.3 Å². The van der Waals surface area contributed by atoms with Crippen molar-refractivity contribution in [1.82, 2.24) is 20.3 Å². The zero-order chi connectivity index (χ0) is 17.6. The molecule has 0 spiro atoms. The van der Waals surface area contributed by atoms with Gasteiger partial charge in [0.15, 0.2) is 5.17 Å². The van der Waals surface area contributed by atoms with Crippen LogP contribution < -0.4 is 5.32 Å². The minimum absolute atomic E-state index is 0.206. The summed E-state index contributed by atoms with van der Waals surface area (Å²) in [4.78, 5) is 23.0. The summed E-state index contributed by atoms with van der Waals surface area (Å²) in [7, 11) is 1.24. The maximum atomic E-state index is 11.7. The number of amides is 1. The van der Waals surface area contributed by atoms with Crippen LogP contribution in [0.4, 0.5) is 0 Å². The standard InChI is InChI=1S/C15H12N6O3S/c1-24-13(22)8-12-14(23)18-15(25-12)19-17-9-10-2-4-11(5-3-10)21-7-6-16-20-21/h2-9H,1H3,(H,18,19,23)/b12-8+,17-9?. The predicted octanol–water partition coefficient (Wildman–Crippen LogP) is 0.877. The molecule has 126 valence electrons. The van der Waals surface area contributed by atoms with Gasteiger partial charge in [-0.25, -0.2) is 9.48 Å². The van der Waals surface area contributed by atoms with Gasteiger partial charge in [0.2, 0.25) is 0 Å². The van der Waals surface area contributed by atoms with Crippen LogP contribution in [0.3, 0.4) is 0 Å². The van der Waals surface area contributed by atoms with Crippen LogP contribution >= 0.6 is 11.8 Å². The van der Waals surface area contributed by atoms with Crippen molar-refractivity contribution in [1.29, 1.82) is 0 Å². The number of aromatic nitrogens is 3. The number of esters is 1. The molecular formula is C15H12N6O3S. The van der Waals surface area contributed by atoms with Gasteiger partial charge in [-0.05, 0) is 29.5 Å². The Labute approximate surface area is 146 Å². The molecular weight excluding hydrogens is 344 g/mol. The van der Waals surface area contributed by atoms with E-state index in [0.29, 0.717) is 0 Å². The van der Waals surface area contributed by atoms with E-state index in [2.05, 4.69) is 30.6 Å². The Hall–Kier alpha value is -3.27. The average Bonchev–Trinajstić information content (AvgIpc) is 3.26. The van der Waals surface area contributed by atoms with E-state index < -0.39 is 11.9 Å². The fourth-order valence-electron chi connectivity index (χ4n) is 1.85. The maximum Gasteiger partial charge on any atom is 0.331 e. The molecule has 1 aromatic heterocycles. The van der Waals surface area contributed by atoms with E-state index in [-0.39, 0.29) is 10.1 Å². The van der Waals surface area contributed by atoms with Gasteiger partial charge < -0.3 is 4.74 Å². The highest BCUT2D eigenvalue weighted by molar-refractivity contribution is 8.18. The van der Waals surface area contributed by atoms with Crippen LogP contribution in [-0.4, -0.2) is 45.4 Å². The number of carbonyl (C=O) groups is 2. The van der Waals surface area contributed by atoms with Gasteiger partial charge in [-0.1, -0.05) is 17.3 Å². The fourth-order valence-corrected chi connectivity index (χ4v) is 2.59. The second-order valence-corrected chi connectivity index (χ2v) is 5.71. The summed E-state index contributed by atoms with van der Waals surface area (Å²) < 4.78 is 6.12. The number of rotatable bonds is 4. The minimum atomic E-state index is -0.602. The minimum Gasteiger partial charge on any atom is -0.466 e. The van der Waals surface area contributed by atoms with Gasteiger partial charge in [0.25, 0.3) is 5.91 Å². The van der Waals surface area contributed by atoms with Crippen molar-refractivity contribution in [3.05, 3.63) is 53.2 Å². The summed E-state index contributed by atoms with van der Waals surface area (Å²) >= 11 is 1.02. The zero-order valence-corrected chi connectivity index (χ0v) is 13.8. The molecule has 1 aromatic carbocycles. The zero-order valence-electron chi connectivity index (χ0n) is 13.0. The number of hydrogen-bond donors (Lipinski definition) is 1.